The monoisotopic (exact) mass is 221 g/mol. The molecule has 2 aromatic heterocycles. The van der Waals surface area contributed by atoms with Gasteiger partial charge in [-0.1, -0.05) is 24.3 Å². The third-order valence-corrected chi connectivity index (χ3v) is 2.58. The Kier molecular flexibility index (Phi) is 2.47. The summed E-state index contributed by atoms with van der Waals surface area (Å²) in [4.78, 5) is 4.55. The van der Waals surface area contributed by atoms with E-state index in [9.17, 15) is 0 Å². The van der Waals surface area contributed by atoms with Crippen LogP contribution in [-0.4, -0.2) is 4.98 Å². The lowest BCUT2D eigenvalue weighted by molar-refractivity contribution is 0.557. The second-order valence-electron chi connectivity index (χ2n) is 3.78. The Balaban J connectivity index is 1.96. The molecule has 2 heterocycles. The van der Waals surface area contributed by atoms with E-state index in [1.54, 1.807) is 6.26 Å². The number of fused-ring (bicyclic) bond motifs is 1. The van der Waals surface area contributed by atoms with Crippen LogP contribution in [0.1, 0.15) is 11.5 Å². The van der Waals surface area contributed by atoms with Crippen LogP contribution in [0.4, 0.5) is 0 Å². The molecule has 0 radical (unpaired) electrons. The minimum Gasteiger partial charge on any atom is -0.465 e. The van der Waals surface area contributed by atoms with Gasteiger partial charge < -0.3 is 4.42 Å². The van der Waals surface area contributed by atoms with Crippen molar-refractivity contribution < 1.29 is 4.42 Å². The fraction of sp³-hybridized carbons (Fsp3) is 0. The number of furan rings is 1. The van der Waals surface area contributed by atoms with Crippen molar-refractivity contribution in [2.75, 3.05) is 0 Å². The summed E-state index contributed by atoms with van der Waals surface area (Å²) < 4.78 is 5.23. The minimum absolute atomic E-state index is 0.833. The zero-order valence-corrected chi connectivity index (χ0v) is 9.21. The Labute approximate surface area is 99.2 Å². The summed E-state index contributed by atoms with van der Waals surface area (Å²) in [5.41, 5.74) is 1.94. The van der Waals surface area contributed by atoms with Gasteiger partial charge in [0.2, 0.25) is 0 Å². The molecule has 0 atom stereocenters. The summed E-state index contributed by atoms with van der Waals surface area (Å²) >= 11 is 0. The first-order valence-electron chi connectivity index (χ1n) is 5.49. The van der Waals surface area contributed by atoms with E-state index in [1.807, 2.05) is 48.6 Å². The van der Waals surface area contributed by atoms with E-state index in [0.29, 0.717) is 0 Å². The summed E-state index contributed by atoms with van der Waals surface area (Å²) in [6.07, 6.45) is 5.52. The Bertz CT molecular complexity index is 654. The molecule has 2 nitrogen and oxygen atoms in total. The van der Waals surface area contributed by atoms with Crippen molar-refractivity contribution in [2.24, 2.45) is 0 Å². The topological polar surface area (TPSA) is 26.0 Å². The lowest BCUT2D eigenvalue weighted by Gasteiger charge is -1.97. The molecule has 0 aliphatic carbocycles. The van der Waals surface area contributed by atoms with E-state index < -0.39 is 0 Å². The first-order valence-corrected chi connectivity index (χ1v) is 5.49. The summed E-state index contributed by atoms with van der Waals surface area (Å²) in [6.45, 7) is 0. The van der Waals surface area contributed by atoms with Crippen molar-refractivity contribution in [3.63, 3.8) is 0 Å². The summed E-state index contributed by atoms with van der Waals surface area (Å²) in [6, 6.07) is 15.9. The lowest BCUT2D eigenvalue weighted by atomic mass is 10.2. The number of aromatic nitrogens is 1. The van der Waals surface area contributed by atoms with Gasteiger partial charge in [-0.15, -0.1) is 0 Å². The second kappa shape index (κ2) is 4.26. The van der Waals surface area contributed by atoms with E-state index in [2.05, 4.69) is 17.1 Å². The second-order valence-corrected chi connectivity index (χ2v) is 3.78. The van der Waals surface area contributed by atoms with Gasteiger partial charge in [0.15, 0.2) is 0 Å². The fourth-order valence-corrected chi connectivity index (χ4v) is 1.73. The van der Waals surface area contributed by atoms with Gasteiger partial charge in [0.05, 0.1) is 17.5 Å². The van der Waals surface area contributed by atoms with Crippen molar-refractivity contribution in [1.82, 2.24) is 4.98 Å². The molecular weight excluding hydrogens is 210 g/mol. The maximum Gasteiger partial charge on any atom is 0.126 e. The zero-order chi connectivity index (χ0) is 11.5. The van der Waals surface area contributed by atoms with Crippen LogP contribution >= 0.6 is 0 Å². The number of hydrogen-bond acceptors (Lipinski definition) is 2. The van der Waals surface area contributed by atoms with E-state index in [4.69, 9.17) is 4.42 Å². The van der Waals surface area contributed by atoms with Gasteiger partial charge in [0.1, 0.15) is 5.76 Å². The predicted octanol–water partition coefficient (Wildman–Crippen LogP) is 4.00. The number of pyridine rings is 1. The fourth-order valence-electron chi connectivity index (χ4n) is 1.73. The molecule has 1 aromatic carbocycles. The Morgan fingerprint density at radius 1 is 0.882 bits per heavy atom. The summed E-state index contributed by atoms with van der Waals surface area (Å²) in [7, 11) is 0. The molecule has 0 aliphatic rings. The summed E-state index contributed by atoms with van der Waals surface area (Å²) in [5, 5.41) is 1.16. The largest absolute Gasteiger partial charge is 0.465 e. The molecule has 0 spiro atoms. The number of para-hydroxylation sites is 1. The van der Waals surface area contributed by atoms with Crippen LogP contribution in [0.3, 0.4) is 0 Å². The standard InChI is InChI=1S/C15H11NO/c1-2-6-15-12(4-1)7-8-13(16-15)9-10-14-5-3-11-17-14/h1-11H. The third kappa shape index (κ3) is 2.11. The Hall–Kier alpha value is -2.35. The highest BCUT2D eigenvalue weighted by molar-refractivity contribution is 5.80. The molecule has 0 saturated carbocycles. The maximum atomic E-state index is 5.23. The van der Waals surface area contributed by atoms with Crippen LogP contribution < -0.4 is 0 Å². The minimum atomic E-state index is 0.833. The first-order chi connectivity index (χ1) is 8.42. The average Bonchev–Trinajstić information content (AvgIpc) is 2.89. The molecule has 2 heteroatoms. The van der Waals surface area contributed by atoms with Crippen LogP contribution in [0.25, 0.3) is 23.1 Å². The van der Waals surface area contributed by atoms with Crippen molar-refractivity contribution >= 4 is 23.1 Å². The maximum absolute atomic E-state index is 5.23. The highest BCUT2D eigenvalue weighted by Crippen LogP contribution is 2.13. The number of rotatable bonds is 2. The normalized spacial score (nSPS) is 11.3. The third-order valence-electron chi connectivity index (χ3n) is 2.58. The molecule has 0 unspecified atom stereocenters. The smallest absolute Gasteiger partial charge is 0.126 e. The van der Waals surface area contributed by atoms with Crippen LogP contribution in [-0.2, 0) is 0 Å². The molecule has 0 bridgehead atoms. The molecule has 82 valence electrons. The Morgan fingerprint density at radius 2 is 1.82 bits per heavy atom. The van der Waals surface area contributed by atoms with Crippen molar-refractivity contribution in [3.8, 4) is 0 Å². The van der Waals surface area contributed by atoms with Crippen LogP contribution in [0.15, 0.2) is 59.2 Å². The van der Waals surface area contributed by atoms with Crippen LogP contribution in [0, 0.1) is 0 Å². The van der Waals surface area contributed by atoms with E-state index >= 15 is 0 Å². The van der Waals surface area contributed by atoms with Gasteiger partial charge in [-0.2, -0.15) is 0 Å². The number of benzene rings is 1. The van der Waals surface area contributed by atoms with Gasteiger partial charge in [0, 0.05) is 5.39 Å². The SMILES string of the molecule is C(=Cc1ccco1)c1ccc2ccccc2n1. The average molecular weight is 221 g/mol. The van der Waals surface area contributed by atoms with Gasteiger partial charge >= 0.3 is 0 Å². The molecular formula is C15H11NO. The number of nitrogens with zero attached hydrogens (tertiary/aromatic N) is 1. The van der Waals surface area contributed by atoms with E-state index in [0.717, 1.165) is 22.4 Å². The van der Waals surface area contributed by atoms with Gasteiger partial charge in [-0.3, -0.25) is 0 Å². The molecule has 0 amide bonds. The zero-order valence-electron chi connectivity index (χ0n) is 9.21. The summed E-state index contributed by atoms with van der Waals surface area (Å²) in [5.74, 6) is 0.833. The Morgan fingerprint density at radius 3 is 2.71 bits per heavy atom. The molecule has 0 saturated heterocycles. The van der Waals surface area contributed by atoms with Crippen LogP contribution in [0.5, 0.6) is 0 Å². The predicted molar refractivity (Wildman–Crippen MR) is 69.4 cm³/mol. The lowest BCUT2D eigenvalue weighted by Crippen LogP contribution is -1.82. The first kappa shape index (κ1) is 9.85. The van der Waals surface area contributed by atoms with Crippen LogP contribution in [0.2, 0.25) is 0 Å². The molecule has 0 fully saturated rings. The van der Waals surface area contributed by atoms with Gasteiger partial charge in [-0.25, -0.2) is 4.98 Å². The highest BCUT2D eigenvalue weighted by atomic mass is 16.3. The molecule has 0 aliphatic heterocycles. The van der Waals surface area contributed by atoms with Crippen molar-refractivity contribution in [2.45, 2.75) is 0 Å². The quantitative estimate of drug-likeness (QED) is 0.653. The van der Waals surface area contributed by atoms with Gasteiger partial charge in [0.25, 0.3) is 0 Å². The molecule has 17 heavy (non-hydrogen) atoms. The van der Waals surface area contributed by atoms with Crippen molar-refractivity contribution in [1.29, 1.82) is 0 Å². The molecule has 3 aromatic rings. The highest BCUT2D eigenvalue weighted by Gasteiger charge is 1.95. The van der Waals surface area contributed by atoms with E-state index in [-0.39, 0.29) is 0 Å². The van der Waals surface area contributed by atoms with E-state index in [1.165, 1.54) is 0 Å². The van der Waals surface area contributed by atoms with Gasteiger partial charge in [-0.05, 0) is 36.4 Å². The number of hydrogen-bond donors (Lipinski definition) is 0. The van der Waals surface area contributed by atoms with Crippen molar-refractivity contribution in [3.05, 3.63) is 66.2 Å². The molecule has 0 N–H and O–H groups in total. The molecule has 3 rings (SSSR count).